The molecule has 0 aliphatic carbocycles. The van der Waals surface area contributed by atoms with Crippen molar-refractivity contribution in [3.05, 3.63) is 16.8 Å². The predicted octanol–water partition coefficient (Wildman–Crippen LogP) is 1.26. The third-order valence-electron chi connectivity index (χ3n) is 1.90. The summed E-state index contributed by atoms with van der Waals surface area (Å²) in [5.74, 6) is 0. The molecule has 0 radical (unpaired) electrons. The number of aromatic nitrogens is 4. The number of nitrogens with one attached hydrogen (secondary N) is 1. The fourth-order valence-electron chi connectivity index (χ4n) is 1.24. The summed E-state index contributed by atoms with van der Waals surface area (Å²) in [6.07, 6.45) is 1.66. The Labute approximate surface area is 85.4 Å². The highest BCUT2D eigenvalue weighted by Crippen LogP contribution is 2.27. The van der Waals surface area contributed by atoms with E-state index in [0.29, 0.717) is 0 Å². The highest BCUT2D eigenvalue weighted by atomic mass is 32.1. The first kappa shape index (κ1) is 9.29. The summed E-state index contributed by atoms with van der Waals surface area (Å²) in [4.78, 5) is 5.56. The first-order valence-corrected chi connectivity index (χ1v) is 5.09. The maximum Gasteiger partial charge on any atom is 0.146 e. The van der Waals surface area contributed by atoms with Gasteiger partial charge in [0.05, 0.1) is 11.9 Å². The Morgan fingerprint density at radius 1 is 1.57 bits per heavy atom. The molecule has 2 aromatic heterocycles. The van der Waals surface area contributed by atoms with E-state index in [1.54, 1.807) is 17.5 Å². The summed E-state index contributed by atoms with van der Waals surface area (Å²) < 4.78 is 0. The highest BCUT2D eigenvalue weighted by Gasteiger charge is 2.13. The first-order chi connectivity index (χ1) is 6.68. The van der Waals surface area contributed by atoms with Crippen LogP contribution in [-0.4, -0.2) is 20.4 Å². The van der Waals surface area contributed by atoms with Gasteiger partial charge < -0.3 is 5.73 Å². The van der Waals surface area contributed by atoms with Crippen LogP contribution in [0.15, 0.2) is 6.20 Å². The van der Waals surface area contributed by atoms with Gasteiger partial charge in [-0.05, 0) is 13.8 Å². The number of nitrogens with two attached hydrogens (primary N) is 1. The summed E-state index contributed by atoms with van der Waals surface area (Å²) in [5, 5.41) is 11.1. The molecule has 0 fully saturated rings. The van der Waals surface area contributed by atoms with Crippen molar-refractivity contribution in [2.24, 2.45) is 5.73 Å². The fourth-order valence-corrected chi connectivity index (χ4v) is 2.22. The maximum absolute atomic E-state index is 5.78. The number of nitrogens with zero attached hydrogens (tertiary/aromatic N) is 3. The van der Waals surface area contributed by atoms with Crippen molar-refractivity contribution >= 4 is 11.3 Å². The van der Waals surface area contributed by atoms with Gasteiger partial charge in [-0.15, -0.1) is 11.3 Å². The van der Waals surface area contributed by atoms with Crippen molar-refractivity contribution in [1.82, 2.24) is 20.4 Å². The SMILES string of the molecule is Cc1sc(-c2cn[nH]n2)nc1C(C)N. The van der Waals surface area contributed by atoms with Gasteiger partial charge in [0.1, 0.15) is 10.7 Å². The van der Waals surface area contributed by atoms with Crippen LogP contribution >= 0.6 is 11.3 Å². The third kappa shape index (κ3) is 1.53. The number of thiazole rings is 1. The van der Waals surface area contributed by atoms with Crippen LogP contribution in [0.25, 0.3) is 10.7 Å². The molecule has 3 N–H and O–H groups in total. The Balaban J connectivity index is 2.43. The number of H-pyrrole nitrogens is 1. The minimum Gasteiger partial charge on any atom is -0.323 e. The molecule has 0 saturated carbocycles. The first-order valence-electron chi connectivity index (χ1n) is 4.27. The quantitative estimate of drug-likeness (QED) is 0.780. The van der Waals surface area contributed by atoms with E-state index in [-0.39, 0.29) is 6.04 Å². The van der Waals surface area contributed by atoms with E-state index in [1.807, 2.05) is 13.8 Å². The lowest BCUT2D eigenvalue weighted by atomic mass is 10.2. The van der Waals surface area contributed by atoms with Crippen molar-refractivity contribution in [2.75, 3.05) is 0 Å². The summed E-state index contributed by atoms with van der Waals surface area (Å²) >= 11 is 1.59. The number of rotatable bonds is 2. The van der Waals surface area contributed by atoms with E-state index in [0.717, 1.165) is 21.3 Å². The zero-order valence-electron chi connectivity index (χ0n) is 7.98. The third-order valence-corrected chi connectivity index (χ3v) is 2.91. The van der Waals surface area contributed by atoms with Gasteiger partial charge in [-0.25, -0.2) is 4.98 Å². The molecule has 14 heavy (non-hydrogen) atoms. The van der Waals surface area contributed by atoms with Crippen LogP contribution in [0.5, 0.6) is 0 Å². The Bertz CT molecular complexity index is 417. The molecule has 0 bridgehead atoms. The van der Waals surface area contributed by atoms with E-state index in [9.17, 15) is 0 Å². The second-order valence-corrected chi connectivity index (χ2v) is 4.31. The average Bonchev–Trinajstić information content (AvgIpc) is 2.70. The number of aryl methyl sites for hydroxylation is 1. The molecule has 2 aromatic rings. The van der Waals surface area contributed by atoms with Crippen molar-refractivity contribution in [3.63, 3.8) is 0 Å². The summed E-state index contributed by atoms with van der Waals surface area (Å²) in [5.41, 5.74) is 7.49. The lowest BCUT2D eigenvalue weighted by Crippen LogP contribution is -2.06. The second-order valence-electron chi connectivity index (χ2n) is 3.10. The zero-order chi connectivity index (χ0) is 10.1. The smallest absolute Gasteiger partial charge is 0.146 e. The standard InChI is InChI=1S/C8H11N5S/c1-4(9)7-5(2)14-8(11-7)6-3-10-13-12-6/h3-4H,9H2,1-2H3,(H,10,12,13). The summed E-state index contributed by atoms with van der Waals surface area (Å²) in [6.45, 7) is 3.94. The normalized spacial score (nSPS) is 13.1. The van der Waals surface area contributed by atoms with Gasteiger partial charge in [-0.1, -0.05) is 0 Å². The number of hydrogen-bond donors (Lipinski definition) is 2. The number of hydrogen-bond acceptors (Lipinski definition) is 5. The Hall–Kier alpha value is -1.27. The van der Waals surface area contributed by atoms with Gasteiger partial charge in [0.25, 0.3) is 0 Å². The van der Waals surface area contributed by atoms with Gasteiger partial charge in [0.2, 0.25) is 0 Å². The molecule has 1 atom stereocenters. The fraction of sp³-hybridized carbons (Fsp3) is 0.375. The molecule has 0 aliphatic rings. The average molecular weight is 209 g/mol. The number of aromatic amines is 1. The van der Waals surface area contributed by atoms with Crippen molar-refractivity contribution in [2.45, 2.75) is 19.9 Å². The molecule has 0 amide bonds. The van der Waals surface area contributed by atoms with E-state index >= 15 is 0 Å². The van der Waals surface area contributed by atoms with Gasteiger partial charge in [0, 0.05) is 10.9 Å². The van der Waals surface area contributed by atoms with E-state index in [1.165, 1.54) is 0 Å². The van der Waals surface area contributed by atoms with Crippen LogP contribution < -0.4 is 5.73 Å². The van der Waals surface area contributed by atoms with Gasteiger partial charge in [-0.3, -0.25) is 0 Å². The van der Waals surface area contributed by atoms with Crippen LogP contribution in [-0.2, 0) is 0 Å². The minimum absolute atomic E-state index is 0.0353. The van der Waals surface area contributed by atoms with Crippen molar-refractivity contribution in [1.29, 1.82) is 0 Å². The molecule has 0 aromatic carbocycles. The monoisotopic (exact) mass is 209 g/mol. The van der Waals surface area contributed by atoms with Crippen LogP contribution in [0.3, 0.4) is 0 Å². The molecule has 6 heteroatoms. The molecule has 5 nitrogen and oxygen atoms in total. The van der Waals surface area contributed by atoms with E-state index in [4.69, 9.17) is 5.73 Å². The van der Waals surface area contributed by atoms with Gasteiger partial charge in [0.15, 0.2) is 0 Å². The summed E-state index contributed by atoms with van der Waals surface area (Å²) in [6, 6.07) is -0.0353. The molecule has 0 spiro atoms. The highest BCUT2D eigenvalue weighted by molar-refractivity contribution is 7.15. The second kappa shape index (κ2) is 3.47. The van der Waals surface area contributed by atoms with E-state index in [2.05, 4.69) is 20.4 Å². The van der Waals surface area contributed by atoms with Crippen LogP contribution in [0, 0.1) is 6.92 Å². The minimum atomic E-state index is -0.0353. The molecule has 0 aliphatic heterocycles. The van der Waals surface area contributed by atoms with Crippen molar-refractivity contribution in [3.8, 4) is 10.7 Å². The largest absolute Gasteiger partial charge is 0.323 e. The Kier molecular flexibility index (Phi) is 2.30. The molecule has 0 saturated heterocycles. The molecule has 1 unspecified atom stereocenters. The van der Waals surface area contributed by atoms with Crippen molar-refractivity contribution < 1.29 is 0 Å². The molecule has 2 heterocycles. The zero-order valence-corrected chi connectivity index (χ0v) is 8.80. The molecule has 2 rings (SSSR count). The lowest BCUT2D eigenvalue weighted by molar-refractivity contribution is 0.783. The van der Waals surface area contributed by atoms with E-state index < -0.39 is 0 Å². The summed E-state index contributed by atoms with van der Waals surface area (Å²) in [7, 11) is 0. The predicted molar refractivity (Wildman–Crippen MR) is 54.8 cm³/mol. The van der Waals surface area contributed by atoms with Crippen LogP contribution in [0.2, 0.25) is 0 Å². The van der Waals surface area contributed by atoms with Gasteiger partial charge in [-0.2, -0.15) is 15.4 Å². The lowest BCUT2D eigenvalue weighted by Gasteiger charge is -1.99. The topological polar surface area (TPSA) is 80.5 Å². The maximum atomic E-state index is 5.78. The molecular weight excluding hydrogens is 198 g/mol. The molecule has 74 valence electrons. The van der Waals surface area contributed by atoms with Crippen LogP contribution in [0.4, 0.5) is 0 Å². The van der Waals surface area contributed by atoms with Crippen LogP contribution in [0.1, 0.15) is 23.5 Å². The Morgan fingerprint density at radius 2 is 2.36 bits per heavy atom. The molecular formula is C8H11N5S. The Morgan fingerprint density at radius 3 is 2.86 bits per heavy atom. The van der Waals surface area contributed by atoms with Gasteiger partial charge >= 0.3 is 0 Å².